The third-order valence-electron chi connectivity index (χ3n) is 4.72. The summed E-state index contributed by atoms with van der Waals surface area (Å²) in [5.41, 5.74) is 3.00. The van der Waals surface area contributed by atoms with Crippen LogP contribution in [0, 0.1) is 5.92 Å². The Bertz CT molecular complexity index is 429. The molecule has 2 heterocycles. The van der Waals surface area contributed by atoms with Gasteiger partial charge in [0.2, 0.25) is 0 Å². The highest BCUT2D eigenvalue weighted by Crippen LogP contribution is 2.34. The SMILES string of the molecule is CNCCC1Cc2ccccc2N1CC1CCOCC1. The first-order valence-electron chi connectivity index (χ1n) is 7.95. The zero-order valence-corrected chi connectivity index (χ0v) is 12.5. The van der Waals surface area contributed by atoms with Crippen molar-refractivity contribution >= 4 is 5.69 Å². The average molecular weight is 274 g/mol. The molecule has 0 aromatic heterocycles. The molecular formula is C17H26N2O. The van der Waals surface area contributed by atoms with E-state index in [1.807, 2.05) is 7.05 Å². The predicted octanol–water partition coefficient (Wildman–Crippen LogP) is 2.45. The molecule has 1 atom stereocenters. The summed E-state index contributed by atoms with van der Waals surface area (Å²) in [5, 5.41) is 3.30. The van der Waals surface area contributed by atoms with E-state index in [0.29, 0.717) is 6.04 Å². The van der Waals surface area contributed by atoms with Crippen LogP contribution in [0.4, 0.5) is 5.69 Å². The van der Waals surface area contributed by atoms with Crippen molar-refractivity contribution in [1.82, 2.24) is 5.32 Å². The van der Waals surface area contributed by atoms with Crippen LogP contribution in [-0.2, 0) is 11.2 Å². The van der Waals surface area contributed by atoms with Gasteiger partial charge in [0.15, 0.2) is 0 Å². The Morgan fingerprint density at radius 3 is 2.85 bits per heavy atom. The number of rotatable bonds is 5. The largest absolute Gasteiger partial charge is 0.381 e. The molecule has 1 aromatic carbocycles. The number of nitrogens with zero attached hydrogens (tertiary/aromatic N) is 1. The Hall–Kier alpha value is -1.06. The summed E-state index contributed by atoms with van der Waals surface area (Å²) in [6.45, 7) is 4.19. The maximum Gasteiger partial charge on any atom is 0.0469 e. The van der Waals surface area contributed by atoms with Crippen LogP contribution in [0.2, 0.25) is 0 Å². The molecule has 0 radical (unpaired) electrons. The number of para-hydroxylation sites is 1. The molecule has 1 N–H and O–H groups in total. The van der Waals surface area contributed by atoms with Gasteiger partial charge in [-0.1, -0.05) is 18.2 Å². The fourth-order valence-electron chi connectivity index (χ4n) is 3.55. The second-order valence-electron chi connectivity index (χ2n) is 6.09. The second-order valence-corrected chi connectivity index (χ2v) is 6.09. The van der Waals surface area contributed by atoms with Crippen LogP contribution >= 0.6 is 0 Å². The van der Waals surface area contributed by atoms with E-state index in [1.165, 1.54) is 43.5 Å². The summed E-state index contributed by atoms with van der Waals surface area (Å²) >= 11 is 0. The molecule has 0 saturated carbocycles. The van der Waals surface area contributed by atoms with Crippen molar-refractivity contribution in [3.63, 3.8) is 0 Å². The molecule has 0 bridgehead atoms. The van der Waals surface area contributed by atoms with Gasteiger partial charge in [0.05, 0.1) is 0 Å². The van der Waals surface area contributed by atoms with Crippen molar-refractivity contribution in [1.29, 1.82) is 0 Å². The van der Waals surface area contributed by atoms with Gasteiger partial charge < -0.3 is 15.0 Å². The highest BCUT2D eigenvalue weighted by atomic mass is 16.5. The van der Waals surface area contributed by atoms with E-state index < -0.39 is 0 Å². The summed E-state index contributed by atoms with van der Waals surface area (Å²) in [7, 11) is 2.05. The van der Waals surface area contributed by atoms with E-state index in [0.717, 1.165) is 25.7 Å². The maximum absolute atomic E-state index is 5.50. The molecule has 2 aliphatic rings. The minimum Gasteiger partial charge on any atom is -0.381 e. The summed E-state index contributed by atoms with van der Waals surface area (Å²) in [5.74, 6) is 0.798. The molecule has 110 valence electrons. The lowest BCUT2D eigenvalue weighted by atomic mass is 9.99. The average Bonchev–Trinajstić information content (AvgIpc) is 2.84. The van der Waals surface area contributed by atoms with E-state index in [2.05, 4.69) is 34.5 Å². The molecule has 0 aliphatic carbocycles. The van der Waals surface area contributed by atoms with Crippen molar-refractivity contribution in [3.05, 3.63) is 29.8 Å². The van der Waals surface area contributed by atoms with Gasteiger partial charge in [-0.2, -0.15) is 0 Å². The molecule has 1 fully saturated rings. The smallest absolute Gasteiger partial charge is 0.0469 e. The third-order valence-corrected chi connectivity index (χ3v) is 4.72. The number of hydrogen-bond acceptors (Lipinski definition) is 3. The summed E-state index contributed by atoms with van der Waals surface area (Å²) in [6, 6.07) is 9.62. The molecule has 3 nitrogen and oxygen atoms in total. The van der Waals surface area contributed by atoms with Gasteiger partial charge in [-0.3, -0.25) is 0 Å². The molecule has 2 aliphatic heterocycles. The van der Waals surface area contributed by atoms with Crippen molar-refractivity contribution in [2.24, 2.45) is 5.92 Å². The highest BCUT2D eigenvalue weighted by molar-refractivity contribution is 5.59. The first-order chi connectivity index (χ1) is 9.88. The Labute approximate surface area is 122 Å². The summed E-state index contributed by atoms with van der Waals surface area (Å²) < 4.78 is 5.50. The van der Waals surface area contributed by atoms with Gasteiger partial charge in [-0.15, -0.1) is 0 Å². The Morgan fingerprint density at radius 1 is 1.25 bits per heavy atom. The van der Waals surface area contributed by atoms with E-state index in [9.17, 15) is 0 Å². The molecule has 0 amide bonds. The molecule has 3 rings (SSSR count). The molecule has 0 spiro atoms. The number of anilines is 1. The lowest BCUT2D eigenvalue weighted by Gasteiger charge is -2.33. The normalized spacial score (nSPS) is 23.1. The maximum atomic E-state index is 5.50. The highest BCUT2D eigenvalue weighted by Gasteiger charge is 2.30. The van der Waals surface area contributed by atoms with E-state index in [-0.39, 0.29) is 0 Å². The van der Waals surface area contributed by atoms with Crippen molar-refractivity contribution in [2.45, 2.75) is 31.7 Å². The van der Waals surface area contributed by atoms with Crippen LogP contribution < -0.4 is 10.2 Å². The number of fused-ring (bicyclic) bond motifs is 1. The first-order valence-corrected chi connectivity index (χ1v) is 7.95. The number of ether oxygens (including phenoxy) is 1. The lowest BCUT2D eigenvalue weighted by Crippen LogP contribution is -2.39. The van der Waals surface area contributed by atoms with Crippen LogP contribution in [0.1, 0.15) is 24.8 Å². The van der Waals surface area contributed by atoms with Crippen LogP contribution in [0.5, 0.6) is 0 Å². The number of hydrogen-bond donors (Lipinski definition) is 1. The van der Waals surface area contributed by atoms with Crippen LogP contribution in [0.15, 0.2) is 24.3 Å². The Kier molecular flexibility index (Phi) is 4.58. The second kappa shape index (κ2) is 6.59. The number of benzene rings is 1. The monoisotopic (exact) mass is 274 g/mol. The summed E-state index contributed by atoms with van der Waals surface area (Å²) in [4.78, 5) is 2.67. The zero-order chi connectivity index (χ0) is 13.8. The zero-order valence-electron chi connectivity index (χ0n) is 12.5. The van der Waals surface area contributed by atoms with Gasteiger partial charge >= 0.3 is 0 Å². The fraction of sp³-hybridized carbons (Fsp3) is 0.647. The van der Waals surface area contributed by atoms with E-state index >= 15 is 0 Å². The topological polar surface area (TPSA) is 24.5 Å². The van der Waals surface area contributed by atoms with E-state index in [4.69, 9.17) is 4.74 Å². The van der Waals surface area contributed by atoms with Crippen LogP contribution in [-0.4, -0.2) is 39.4 Å². The van der Waals surface area contributed by atoms with Crippen LogP contribution in [0.25, 0.3) is 0 Å². The molecule has 1 saturated heterocycles. The fourth-order valence-corrected chi connectivity index (χ4v) is 3.55. The van der Waals surface area contributed by atoms with Gasteiger partial charge in [0.25, 0.3) is 0 Å². The van der Waals surface area contributed by atoms with Crippen molar-refractivity contribution in [2.75, 3.05) is 38.3 Å². The third kappa shape index (κ3) is 2.99. The predicted molar refractivity (Wildman–Crippen MR) is 83.4 cm³/mol. The first kappa shape index (κ1) is 13.9. The van der Waals surface area contributed by atoms with Gasteiger partial charge in [0.1, 0.15) is 0 Å². The van der Waals surface area contributed by atoms with Crippen molar-refractivity contribution in [3.8, 4) is 0 Å². The van der Waals surface area contributed by atoms with Gasteiger partial charge in [-0.25, -0.2) is 0 Å². The Balaban J connectivity index is 1.72. The lowest BCUT2D eigenvalue weighted by molar-refractivity contribution is 0.0678. The molecule has 3 heteroatoms. The quantitative estimate of drug-likeness (QED) is 0.892. The molecule has 1 unspecified atom stereocenters. The standard InChI is InChI=1S/C17H26N2O/c1-18-9-6-16-12-15-4-2-3-5-17(15)19(16)13-14-7-10-20-11-8-14/h2-5,14,16,18H,6-13H2,1H3. The summed E-state index contributed by atoms with van der Waals surface area (Å²) in [6.07, 6.45) is 4.88. The minimum absolute atomic E-state index is 0.669. The number of nitrogens with one attached hydrogen (secondary N) is 1. The minimum atomic E-state index is 0.669. The van der Waals surface area contributed by atoms with Crippen LogP contribution in [0.3, 0.4) is 0 Å². The Morgan fingerprint density at radius 2 is 2.05 bits per heavy atom. The molecule has 1 aromatic rings. The molecular weight excluding hydrogens is 248 g/mol. The van der Waals surface area contributed by atoms with Gasteiger partial charge in [-0.05, 0) is 56.8 Å². The molecule has 20 heavy (non-hydrogen) atoms. The van der Waals surface area contributed by atoms with Crippen molar-refractivity contribution < 1.29 is 4.74 Å². The van der Waals surface area contributed by atoms with E-state index in [1.54, 1.807) is 0 Å². The van der Waals surface area contributed by atoms with Gasteiger partial charge in [0, 0.05) is 31.5 Å².